The molecule has 0 aliphatic carbocycles. The van der Waals surface area contributed by atoms with Crippen molar-refractivity contribution in [1.82, 2.24) is 0 Å². The van der Waals surface area contributed by atoms with Crippen LogP contribution in [0.25, 0.3) is 0 Å². The fourth-order valence-electron chi connectivity index (χ4n) is 2.67. The Bertz CT molecular complexity index is 717. The van der Waals surface area contributed by atoms with Crippen LogP contribution in [0.2, 0.25) is 0 Å². The van der Waals surface area contributed by atoms with E-state index < -0.39 is 0 Å². The summed E-state index contributed by atoms with van der Waals surface area (Å²) in [6.07, 6.45) is 2.24. The van der Waals surface area contributed by atoms with Crippen molar-refractivity contribution in [3.05, 3.63) is 58.6 Å². The largest absolute Gasteiger partial charge is 0.484 e. The van der Waals surface area contributed by atoms with Crippen LogP contribution in [-0.2, 0) is 15.3 Å². The number of carbonyl (C=O) groups excluding carboxylic acids is 1. The summed E-state index contributed by atoms with van der Waals surface area (Å²) in [7, 11) is 0. The lowest BCUT2D eigenvalue weighted by Gasteiger charge is -2.21. The molecular formula is C20H22BrNO3S. The summed E-state index contributed by atoms with van der Waals surface area (Å²) in [5.41, 5.74) is 2.02. The van der Waals surface area contributed by atoms with E-state index in [9.17, 15) is 4.79 Å². The molecule has 3 rings (SSSR count). The lowest BCUT2D eigenvalue weighted by molar-refractivity contribution is -0.118. The van der Waals surface area contributed by atoms with Crippen molar-refractivity contribution < 1.29 is 14.3 Å². The maximum absolute atomic E-state index is 12.1. The molecule has 0 saturated carbocycles. The third-order valence-corrected chi connectivity index (χ3v) is 6.02. The van der Waals surface area contributed by atoms with E-state index in [0.29, 0.717) is 11.0 Å². The Morgan fingerprint density at radius 2 is 1.96 bits per heavy atom. The number of rotatable bonds is 7. The Morgan fingerprint density at radius 3 is 2.73 bits per heavy atom. The Morgan fingerprint density at radius 1 is 1.19 bits per heavy atom. The molecule has 1 fully saturated rings. The Labute approximate surface area is 166 Å². The highest BCUT2D eigenvalue weighted by Crippen LogP contribution is 2.26. The van der Waals surface area contributed by atoms with Gasteiger partial charge in [-0.3, -0.25) is 4.79 Å². The molecule has 6 heteroatoms. The summed E-state index contributed by atoms with van der Waals surface area (Å²) >= 11 is 5.34. The van der Waals surface area contributed by atoms with Crippen molar-refractivity contribution in [2.75, 3.05) is 25.1 Å². The van der Waals surface area contributed by atoms with E-state index in [4.69, 9.17) is 9.47 Å². The first-order valence-electron chi connectivity index (χ1n) is 8.65. The lowest BCUT2D eigenvalue weighted by Crippen LogP contribution is -2.20. The Hall–Kier alpha value is -1.50. The van der Waals surface area contributed by atoms with Gasteiger partial charge < -0.3 is 14.8 Å². The van der Waals surface area contributed by atoms with E-state index in [-0.39, 0.29) is 12.5 Å². The number of nitrogens with one attached hydrogen (secondary N) is 1. The molecule has 1 aliphatic heterocycles. The number of hydrogen-bond donors (Lipinski definition) is 1. The van der Waals surface area contributed by atoms with Gasteiger partial charge in [0.1, 0.15) is 5.75 Å². The Kier molecular flexibility index (Phi) is 7.41. The Balaban J connectivity index is 1.46. The average molecular weight is 436 g/mol. The zero-order chi connectivity index (χ0) is 18.2. The molecule has 0 unspecified atom stereocenters. The highest BCUT2D eigenvalue weighted by atomic mass is 79.9. The highest BCUT2D eigenvalue weighted by Gasteiger charge is 2.14. The van der Waals surface area contributed by atoms with Crippen LogP contribution in [0.4, 0.5) is 5.69 Å². The van der Waals surface area contributed by atoms with Gasteiger partial charge in [0.25, 0.3) is 5.91 Å². The maximum Gasteiger partial charge on any atom is 0.262 e. The van der Waals surface area contributed by atoms with Crippen LogP contribution in [0, 0.1) is 0 Å². The van der Waals surface area contributed by atoms with Gasteiger partial charge in [-0.15, -0.1) is 0 Å². The zero-order valence-corrected chi connectivity index (χ0v) is 16.9. The average Bonchev–Trinajstić information content (AvgIpc) is 2.67. The van der Waals surface area contributed by atoms with Gasteiger partial charge in [-0.2, -0.15) is 11.8 Å². The topological polar surface area (TPSA) is 47.6 Å². The second-order valence-corrected chi connectivity index (χ2v) is 8.32. The van der Waals surface area contributed by atoms with Crippen molar-refractivity contribution in [2.24, 2.45) is 0 Å². The molecule has 1 amide bonds. The van der Waals surface area contributed by atoms with E-state index in [2.05, 4.69) is 27.3 Å². The van der Waals surface area contributed by atoms with E-state index in [0.717, 1.165) is 42.0 Å². The van der Waals surface area contributed by atoms with Crippen LogP contribution in [0.3, 0.4) is 0 Å². The van der Waals surface area contributed by atoms with Crippen LogP contribution in [0.5, 0.6) is 5.75 Å². The number of ether oxygens (including phenoxy) is 2. The molecule has 138 valence electrons. The van der Waals surface area contributed by atoms with E-state index >= 15 is 0 Å². The van der Waals surface area contributed by atoms with Crippen LogP contribution >= 0.6 is 27.7 Å². The second kappa shape index (κ2) is 10.00. The summed E-state index contributed by atoms with van der Waals surface area (Å²) in [4.78, 5) is 12.1. The second-order valence-electron chi connectivity index (χ2n) is 6.11. The zero-order valence-electron chi connectivity index (χ0n) is 14.4. The fraction of sp³-hybridized carbons (Fsp3) is 0.350. The summed E-state index contributed by atoms with van der Waals surface area (Å²) in [6, 6.07) is 15.4. The summed E-state index contributed by atoms with van der Waals surface area (Å²) in [5, 5.41) is 3.57. The normalized spacial score (nSPS) is 14.8. The predicted octanol–water partition coefficient (Wildman–Crippen LogP) is 4.88. The summed E-state index contributed by atoms with van der Waals surface area (Å²) in [6.45, 7) is 1.72. The number of halogens is 1. The molecule has 1 N–H and O–H groups in total. The lowest BCUT2D eigenvalue weighted by atomic mass is 10.2. The quantitative estimate of drug-likeness (QED) is 0.672. The van der Waals surface area contributed by atoms with Crippen LogP contribution in [0.15, 0.2) is 53.0 Å². The van der Waals surface area contributed by atoms with Gasteiger partial charge in [0.15, 0.2) is 6.61 Å². The first-order valence-corrected chi connectivity index (χ1v) is 10.5. The first-order chi connectivity index (χ1) is 12.7. The molecule has 0 aromatic heterocycles. The van der Waals surface area contributed by atoms with Crippen molar-refractivity contribution in [1.29, 1.82) is 0 Å². The molecule has 0 bridgehead atoms. The maximum atomic E-state index is 12.1. The van der Waals surface area contributed by atoms with Gasteiger partial charge >= 0.3 is 0 Å². The minimum absolute atomic E-state index is 0.0112. The van der Waals surface area contributed by atoms with E-state index in [1.54, 1.807) is 0 Å². The van der Waals surface area contributed by atoms with Crippen LogP contribution in [-0.4, -0.2) is 31.0 Å². The smallest absolute Gasteiger partial charge is 0.262 e. The predicted molar refractivity (Wildman–Crippen MR) is 110 cm³/mol. The molecule has 0 radical (unpaired) electrons. The third-order valence-electron chi connectivity index (χ3n) is 4.05. The van der Waals surface area contributed by atoms with Crippen LogP contribution < -0.4 is 10.1 Å². The highest BCUT2D eigenvalue weighted by molar-refractivity contribution is 9.10. The van der Waals surface area contributed by atoms with Gasteiger partial charge in [0.2, 0.25) is 0 Å². The van der Waals surface area contributed by atoms with Crippen molar-refractivity contribution in [2.45, 2.75) is 23.8 Å². The van der Waals surface area contributed by atoms with Crippen LogP contribution in [0.1, 0.15) is 18.4 Å². The summed E-state index contributed by atoms with van der Waals surface area (Å²) in [5.74, 6) is 1.45. The molecular weight excluding hydrogens is 414 g/mol. The molecule has 2 aromatic rings. The van der Waals surface area contributed by atoms with Gasteiger partial charge in [-0.25, -0.2) is 0 Å². The van der Waals surface area contributed by atoms with Gasteiger partial charge in [0.05, 0.1) is 0 Å². The van der Waals surface area contributed by atoms with E-state index in [1.807, 2.05) is 54.2 Å². The van der Waals surface area contributed by atoms with E-state index in [1.165, 1.54) is 5.56 Å². The number of thioether (sulfide) groups is 1. The van der Waals surface area contributed by atoms with Gasteiger partial charge in [-0.05, 0) is 54.8 Å². The number of anilines is 1. The minimum atomic E-state index is -0.165. The van der Waals surface area contributed by atoms with Crippen molar-refractivity contribution in [3.63, 3.8) is 0 Å². The monoisotopic (exact) mass is 435 g/mol. The molecule has 1 aliphatic rings. The minimum Gasteiger partial charge on any atom is -0.484 e. The third kappa shape index (κ3) is 6.34. The van der Waals surface area contributed by atoms with Gasteiger partial charge in [0, 0.05) is 34.4 Å². The van der Waals surface area contributed by atoms with Gasteiger partial charge in [-0.1, -0.05) is 28.1 Å². The number of carbonyl (C=O) groups is 1. The molecule has 2 aromatic carbocycles. The van der Waals surface area contributed by atoms with Crippen molar-refractivity contribution >= 4 is 39.3 Å². The number of hydrogen-bond acceptors (Lipinski definition) is 4. The SMILES string of the molecule is O=C(COc1ccc(Br)cc1)Nc1cccc(CSC2CCOCC2)c1. The molecule has 0 atom stereocenters. The number of amides is 1. The molecule has 26 heavy (non-hydrogen) atoms. The molecule has 0 spiro atoms. The standard InChI is InChI=1S/C20H22BrNO3S/c21-16-4-6-18(7-5-16)25-13-20(23)22-17-3-1-2-15(12-17)14-26-19-8-10-24-11-9-19/h1-7,12,19H,8-11,13-14H2,(H,22,23). The molecule has 1 saturated heterocycles. The number of benzene rings is 2. The fourth-order valence-corrected chi connectivity index (χ4v) is 4.07. The molecule has 4 nitrogen and oxygen atoms in total. The molecule has 1 heterocycles. The van der Waals surface area contributed by atoms with Crippen molar-refractivity contribution in [3.8, 4) is 5.75 Å². The first kappa shape index (κ1) is 19.3. The summed E-state index contributed by atoms with van der Waals surface area (Å²) < 4.78 is 11.9.